The van der Waals surface area contributed by atoms with E-state index >= 15 is 0 Å². The Kier molecular flexibility index (Phi) is 8.11. The lowest BCUT2D eigenvalue weighted by molar-refractivity contribution is -0.130. The van der Waals surface area contributed by atoms with Crippen LogP contribution in [-0.4, -0.2) is 95.7 Å². The van der Waals surface area contributed by atoms with Crippen molar-refractivity contribution >= 4 is 51.6 Å². The molecule has 9 nitrogen and oxygen atoms in total. The van der Waals surface area contributed by atoms with Crippen molar-refractivity contribution in [2.45, 2.75) is 18.9 Å². The van der Waals surface area contributed by atoms with Gasteiger partial charge in [0.1, 0.15) is 17.8 Å². The van der Waals surface area contributed by atoms with E-state index < -0.39 is 0 Å². The zero-order valence-corrected chi connectivity index (χ0v) is 21.6. The Hall–Kier alpha value is -2.59. The largest absolute Gasteiger partial charge is 0.379 e. The first kappa shape index (κ1) is 25.1. The molecular formula is C25H31Cl2N7O2. The molecule has 4 heterocycles. The van der Waals surface area contributed by atoms with Crippen molar-refractivity contribution in [1.82, 2.24) is 24.8 Å². The first-order valence-corrected chi connectivity index (χ1v) is 13.1. The van der Waals surface area contributed by atoms with E-state index in [4.69, 9.17) is 32.9 Å². The second kappa shape index (κ2) is 11.6. The molecule has 0 bridgehead atoms. The summed E-state index contributed by atoms with van der Waals surface area (Å²) in [6.07, 6.45) is 5.45. The Morgan fingerprint density at radius 1 is 1.17 bits per heavy atom. The minimum absolute atomic E-state index is 0.0541. The maximum absolute atomic E-state index is 13.1. The van der Waals surface area contributed by atoms with Gasteiger partial charge in [-0.1, -0.05) is 23.2 Å². The molecule has 2 aliphatic rings. The predicted molar refractivity (Wildman–Crippen MR) is 143 cm³/mol. The monoisotopic (exact) mass is 531 g/mol. The molecule has 2 aromatic heterocycles. The third-order valence-electron chi connectivity index (χ3n) is 6.86. The van der Waals surface area contributed by atoms with E-state index in [0.29, 0.717) is 16.6 Å². The lowest BCUT2D eigenvalue weighted by Crippen LogP contribution is -2.53. The summed E-state index contributed by atoms with van der Waals surface area (Å²) in [7, 11) is 0. The van der Waals surface area contributed by atoms with Crippen molar-refractivity contribution in [3.63, 3.8) is 0 Å². The second-order valence-electron chi connectivity index (χ2n) is 9.23. The van der Waals surface area contributed by atoms with Crippen LogP contribution in [0.15, 0.2) is 36.8 Å². The summed E-state index contributed by atoms with van der Waals surface area (Å²) in [5, 5.41) is 5.24. The lowest BCUT2D eigenvalue weighted by Gasteiger charge is -2.41. The molecule has 0 unspecified atom stereocenters. The Labute approximate surface area is 220 Å². The van der Waals surface area contributed by atoms with Crippen LogP contribution >= 0.6 is 23.2 Å². The number of morpholine rings is 1. The Balaban J connectivity index is 1.29. The molecule has 0 aliphatic carbocycles. The van der Waals surface area contributed by atoms with Crippen molar-refractivity contribution in [3.05, 3.63) is 46.8 Å². The van der Waals surface area contributed by atoms with Gasteiger partial charge in [0.05, 0.1) is 25.1 Å². The van der Waals surface area contributed by atoms with Crippen LogP contribution < -0.4 is 10.2 Å². The van der Waals surface area contributed by atoms with Gasteiger partial charge in [-0.25, -0.2) is 9.97 Å². The first-order valence-electron chi connectivity index (χ1n) is 12.4. The summed E-state index contributed by atoms with van der Waals surface area (Å²) in [4.78, 5) is 32.2. The molecule has 2 fully saturated rings. The number of hydrogen-bond acceptors (Lipinski definition) is 7. The van der Waals surface area contributed by atoms with E-state index in [1.165, 1.54) is 0 Å². The molecule has 0 spiro atoms. The topological polar surface area (TPSA) is 89.6 Å². The number of nitrogens with zero attached hydrogens (tertiary/aromatic N) is 5. The van der Waals surface area contributed by atoms with E-state index in [0.717, 1.165) is 81.3 Å². The summed E-state index contributed by atoms with van der Waals surface area (Å²) in [5.74, 6) is 0.971. The number of fused-ring (bicyclic) bond motifs is 1. The van der Waals surface area contributed by atoms with Gasteiger partial charge in [-0.15, -0.1) is 0 Å². The molecule has 2 saturated heterocycles. The van der Waals surface area contributed by atoms with Crippen LogP contribution in [0, 0.1) is 0 Å². The van der Waals surface area contributed by atoms with E-state index in [1.54, 1.807) is 24.5 Å². The number of H-pyrrole nitrogens is 1. The molecule has 1 aromatic carbocycles. The van der Waals surface area contributed by atoms with Gasteiger partial charge < -0.3 is 24.8 Å². The van der Waals surface area contributed by atoms with Gasteiger partial charge in [-0.3, -0.25) is 9.69 Å². The number of ether oxygens (including phenoxy) is 1. The zero-order chi connectivity index (χ0) is 24.9. The number of aromatic nitrogens is 3. The first-order chi connectivity index (χ1) is 17.6. The van der Waals surface area contributed by atoms with Crippen LogP contribution in [0.1, 0.15) is 12.8 Å². The molecule has 0 radical (unpaired) electrons. The highest BCUT2D eigenvalue weighted by Gasteiger charge is 2.30. The maximum Gasteiger partial charge on any atom is 0.241 e. The number of carbonyl (C=O) groups is 1. The Bertz CT molecular complexity index is 1160. The zero-order valence-electron chi connectivity index (χ0n) is 20.1. The molecular weight excluding hydrogens is 501 g/mol. The minimum Gasteiger partial charge on any atom is -0.379 e. The SMILES string of the molecule is O=C(CNc1cc(Cl)cc(Cl)c1)N1CCC[C@@H](N(CCN2CCOCC2)c2ncnc3[nH]ccc23)C1. The molecule has 11 heteroatoms. The molecule has 1 atom stereocenters. The average Bonchev–Trinajstić information content (AvgIpc) is 3.37. The number of rotatable bonds is 8. The maximum atomic E-state index is 13.1. The van der Waals surface area contributed by atoms with Crippen molar-refractivity contribution in [3.8, 4) is 0 Å². The number of anilines is 2. The number of amides is 1. The predicted octanol–water partition coefficient (Wildman–Crippen LogP) is 3.51. The molecule has 2 aliphatic heterocycles. The Morgan fingerprint density at radius 2 is 1.97 bits per heavy atom. The minimum atomic E-state index is 0.0541. The number of hydrogen-bond donors (Lipinski definition) is 2. The molecule has 0 saturated carbocycles. The van der Waals surface area contributed by atoms with Crippen LogP contribution in [-0.2, 0) is 9.53 Å². The van der Waals surface area contributed by atoms with Crippen molar-refractivity contribution in [2.24, 2.45) is 0 Å². The number of piperidine rings is 1. The van der Waals surface area contributed by atoms with Crippen molar-refractivity contribution in [1.29, 1.82) is 0 Å². The lowest BCUT2D eigenvalue weighted by atomic mass is 10.0. The van der Waals surface area contributed by atoms with Gasteiger partial charge in [0.25, 0.3) is 0 Å². The Morgan fingerprint density at radius 3 is 2.78 bits per heavy atom. The van der Waals surface area contributed by atoms with E-state index in [9.17, 15) is 4.79 Å². The molecule has 2 N–H and O–H groups in total. The molecule has 36 heavy (non-hydrogen) atoms. The van der Waals surface area contributed by atoms with Crippen LogP contribution in [0.3, 0.4) is 0 Å². The fourth-order valence-electron chi connectivity index (χ4n) is 5.00. The third-order valence-corrected chi connectivity index (χ3v) is 7.30. The summed E-state index contributed by atoms with van der Waals surface area (Å²) >= 11 is 12.2. The number of nitrogens with one attached hydrogen (secondary N) is 2. The van der Waals surface area contributed by atoms with E-state index in [2.05, 4.69) is 25.1 Å². The van der Waals surface area contributed by atoms with Crippen LogP contribution in [0.4, 0.5) is 11.5 Å². The highest BCUT2D eigenvalue weighted by Crippen LogP contribution is 2.28. The van der Waals surface area contributed by atoms with Gasteiger partial charge in [0.15, 0.2) is 0 Å². The third kappa shape index (κ3) is 6.03. The number of halogens is 2. The van der Waals surface area contributed by atoms with Crippen LogP contribution in [0.25, 0.3) is 11.0 Å². The van der Waals surface area contributed by atoms with Gasteiger partial charge >= 0.3 is 0 Å². The number of benzene rings is 1. The summed E-state index contributed by atoms with van der Waals surface area (Å²) in [5.41, 5.74) is 1.56. The van der Waals surface area contributed by atoms with Gasteiger partial charge in [-0.2, -0.15) is 0 Å². The van der Waals surface area contributed by atoms with Crippen molar-refractivity contribution in [2.75, 3.05) is 69.2 Å². The van der Waals surface area contributed by atoms with Gasteiger partial charge in [0.2, 0.25) is 5.91 Å². The molecule has 192 valence electrons. The van der Waals surface area contributed by atoms with Crippen molar-refractivity contribution < 1.29 is 9.53 Å². The molecule has 1 amide bonds. The number of carbonyl (C=O) groups excluding carboxylic acids is 1. The van der Waals surface area contributed by atoms with Gasteiger partial charge in [-0.05, 0) is 37.1 Å². The second-order valence-corrected chi connectivity index (χ2v) is 10.1. The highest BCUT2D eigenvalue weighted by atomic mass is 35.5. The quantitative estimate of drug-likeness (QED) is 0.459. The normalized spacial score (nSPS) is 18.9. The molecule has 5 rings (SSSR count). The number of aromatic amines is 1. The smallest absolute Gasteiger partial charge is 0.241 e. The highest BCUT2D eigenvalue weighted by molar-refractivity contribution is 6.35. The fraction of sp³-hybridized carbons (Fsp3) is 0.480. The van der Waals surface area contributed by atoms with Crippen LogP contribution in [0.5, 0.6) is 0 Å². The number of likely N-dealkylation sites (tertiary alicyclic amines) is 1. The average molecular weight is 532 g/mol. The summed E-state index contributed by atoms with van der Waals surface area (Å²) in [6.45, 7) is 6.73. The van der Waals surface area contributed by atoms with E-state index in [1.807, 2.05) is 17.2 Å². The van der Waals surface area contributed by atoms with Gasteiger partial charge in [0, 0.05) is 67.2 Å². The molecule has 3 aromatic rings. The standard InChI is InChI=1S/C25H31Cl2N7O2/c26-18-12-19(27)14-20(13-18)29-15-23(35)33-5-1-2-21(16-33)34(7-6-32-8-10-36-11-9-32)25-22-3-4-28-24(22)30-17-31-25/h3-4,12-14,17,21,29H,1-2,5-11,15-16H2,(H,28,30,31)/t21-/m1/s1. The fourth-order valence-corrected chi connectivity index (χ4v) is 5.53. The van der Waals surface area contributed by atoms with E-state index in [-0.39, 0.29) is 18.5 Å². The summed E-state index contributed by atoms with van der Waals surface area (Å²) < 4.78 is 5.52. The summed E-state index contributed by atoms with van der Waals surface area (Å²) in [6, 6.07) is 7.40. The van der Waals surface area contributed by atoms with Crippen LogP contribution in [0.2, 0.25) is 10.0 Å².